The first-order valence-corrected chi connectivity index (χ1v) is 7.68. The summed E-state index contributed by atoms with van der Waals surface area (Å²) < 4.78 is 5.51. The molecule has 2 N–H and O–H groups in total. The lowest BCUT2D eigenvalue weighted by atomic mass is 9.98. The van der Waals surface area contributed by atoms with Crippen LogP contribution in [0.4, 0.5) is 5.69 Å². The zero-order valence-electron chi connectivity index (χ0n) is 13.0. The van der Waals surface area contributed by atoms with Gasteiger partial charge in [-0.15, -0.1) is 0 Å². The fourth-order valence-corrected chi connectivity index (χ4v) is 2.66. The topological polar surface area (TPSA) is 67.2 Å². The molecule has 1 aromatic heterocycles. The number of oxazole rings is 1. The van der Waals surface area contributed by atoms with E-state index < -0.39 is 0 Å². The van der Waals surface area contributed by atoms with Gasteiger partial charge >= 0.3 is 0 Å². The normalized spacial score (nSPS) is 15.7. The summed E-state index contributed by atoms with van der Waals surface area (Å²) >= 11 is 0. The fourth-order valence-electron chi connectivity index (χ4n) is 2.66. The third-order valence-corrected chi connectivity index (χ3v) is 4.21. The van der Waals surface area contributed by atoms with Gasteiger partial charge in [-0.1, -0.05) is 6.07 Å². The van der Waals surface area contributed by atoms with E-state index in [2.05, 4.69) is 15.6 Å². The van der Waals surface area contributed by atoms with Crippen LogP contribution in [0.5, 0.6) is 0 Å². The van der Waals surface area contributed by atoms with Crippen LogP contribution in [0.15, 0.2) is 28.9 Å². The molecular weight excluding hydrogens is 278 g/mol. The molecule has 0 bridgehead atoms. The van der Waals surface area contributed by atoms with Crippen molar-refractivity contribution in [1.82, 2.24) is 10.3 Å². The van der Waals surface area contributed by atoms with Crippen molar-refractivity contribution in [2.24, 2.45) is 0 Å². The summed E-state index contributed by atoms with van der Waals surface area (Å²) in [5.41, 5.74) is 3.47. The van der Waals surface area contributed by atoms with Gasteiger partial charge in [-0.05, 0) is 63.0 Å². The van der Waals surface area contributed by atoms with Gasteiger partial charge in [0.1, 0.15) is 6.26 Å². The van der Waals surface area contributed by atoms with Crippen molar-refractivity contribution in [3.63, 3.8) is 0 Å². The lowest BCUT2D eigenvalue weighted by Crippen LogP contribution is -2.26. The highest BCUT2D eigenvalue weighted by atomic mass is 16.3. The molecule has 1 aliphatic rings. The van der Waals surface area contributed by atoms with Crippen LogP contribution in [-0.2, 0) is 0 Å². The van der Waals surface area contributed by atoms with Crippen molar-refractivity contribution < 1.29 is 9.21 Å². The summed E-state index contributed by atoms with van der Waals surface area (Å²) in [5.74, 6) is 0.753. The van der Waals surface area contributed by atoms with Crippen LogP contribution in [0.1, 0.15) is 46.3 Å². The molecule has 1 saturated heterocycles. The molecule has 1 fully saturated rings. The quantitative estimate of drug-likeness (QED) is 0.914. The second-order valence-electron chi connectivity index (χ2n) is 5.85. The van der Waals surface area contributed by atoms with Crippen LogP contribution in [0.3, 0.4) is 0 Å². The van der Waals surface area contributed by atoms with Gasteiger partial charge in [0.05, 0.1) is 0 Å². The van der Waals surface area contributed by atoms with Crippen LogP contribution in [-0.4, -0.2) is 24.0 Å². The molecule has 22 heavy (non-hydrogen) atoms. The highest BCUT2D eigenvalue weighted by Crippen LogP contribution is 2.24. The van der Waals surface area contributed by atoms with Crippen molar-refractivity contribution in [3.8, 4) is 0 Å². The number of carbonyl (C=O) groups is 1. The molecule has 2 heterocycles. The molecule has 1 amide bonds. The average molecular weight is 299 g/mol. The molecule has 2 aromatic rings. The Balaban J connectivity index is 1.69. The Morgan fingerprint density at radius 1 is 1.27 bits per heavy atom. The molecule has 0 atom stereocenters. The molecule has 0 aliphatic carbocycles. The number of hydrogen-bond donors (Lipinski definition) is 2. The van der Waals surface area contributed by atoms with Gasteiger partial charge in [-0.2, -0.15) is 0 Å². The first kappa shape index (κ1) is 14.8. The van der Waals surface area contributed by atoms with Gasteiger partial charge in [0, 0.05) is 11.6 Å². The second-order valence-corrected chi connectivity index (χ2v) is 5.85. The zero-order valence-corrected chi connectivity index (χ0v) is 13.0. The third kappa shape index (κ3) is 3.20. The number of carbonyl (C=O) groups excluding carboxylic acids is 1. The molecule has 0 spiro atoms. The van der Waals surface area contributed by atoms with E-state index >= 15 is 0 Å². The molecule has 116 valence electrons. The minimum atomic E-state index is -0.229. The van der Waals surface area contributed by atoms with E-state index in [0.717, 1.165) is 37.2 Å². The molecule has 5 nitrogen and oxygen atoms in total. The van der Waals surface area contributed by atoms with Gasteiger partial charge in [-0.3, -0.25) is 4.79 Å². The smallest absolute Gasteiger partial charge is 0.277 e. The molecule has 1 aromatic carbocycles. The first-order chi connectivity index (χ1) is 10.6. The fraction of sp³-hybridized carbons (Fsp3) is 0.412. The number of benzene rings is 1. The van der Waals surface area contributed by atoms with E-state index in [4.69, 9.17) is 4.42 Å². The van der Waals surface area contributed by atoms with Crippen LogP contribution >= 0.6 is 0 Å². The Hall–Kier alpha value is -2.14. The van der Waals surface area contributed by atoms with E-state index in [1.165, 1.54) is 11.8 Å². The maximum atomic E-state index is 12.3. The average Bonchev–Trinajstić information content (AvgIpc) is 3.02. The third-order valence-electron chi connectivity index (χ3n) is 4.21. The molecule has 1 aliphatic heterocycles. The highest BCUT2D eigenvalue weighted by Gasteiger charge is 2.22. The van der Waals surface area contributed by atoms with E-state index in [0.29, 0.717) is 17.5 Å². The van der Waals surface area contributed by atoms with Gasteiger partial charge in [0.15, 0.2) is 11.6 Å². The van der Waals surface area contributed by atoms with E-state index in [9.17, 15) is 4.79 Å². The summed E-state index contributed by atoms with van der Waals surface area (Å²) in [4.78, 5) is 16.6. The maximum absolute atomic E-state index is 12.3. The van der Waals surface area contributed by atoms with Crippen LogP contribution < -0.4 is 10.6 Å². The van der Waals surface area contributed by atoms with Gasteiger partial charge in [0.25, 0.3) is 5.91 Å². The minimum absolute atomic E-state index is 0.229. The Morgan fingerprint density at radius 3 is 2.77 bits per heavy atom. The lowest BCUT2D eigenvalue weighted by Gasteiger charge is -2.19. The Labute approximate surface area is 130 Å². The predicted octanol–water partition coefficient (Wildman–Crippen LogP) is 3.01. The number of aromatic nitrogens is 1. The molecule has 3 rings (SSSR count). The van der Waals surface area contributed by atoms with Crippen molar-refractivity contribution in [1.29, 1.82) is 0 Å². The van der Waals surface area contributed by atoms with Gasteiger partial charge in [0.2, 0.25) is 0 Å². The number of anilines is 1. The number of nitrogens with one attached hydrogen (secondary N) is 2. The summed E-state index contributed by atoms with van der Waals surface area (Å²) in [6, 6.07) is 5.85. The summed E-state index contributed by atoms with van der Waals surface area (Å²) in [6.45, 7) is 6.01. The first-order valence-electron chi connectivity index (χ1n) is 7.68. The number of nitrogens with zero attached hydrogens (tertiary/aromatic N) is 1. The molecule has 0 unspecified atom stereocenters. The summed E-state index contributed by atoms with van der Waals surface area (Å²) in [7, 11) is 0. The van der Waals surface area contributed by atoms with Crippen molar-refractivity contribution in [2.45, 2.75) is 32.6 Å². The van der Waals surface area contributed by atoms with Crippen molar-refractivity contribution >= 4 is 11.6 Å². The van der Waals surface area contributed by atoms with Gasteiger partial charge in [-0.25, -0.2) is 4.98 Å². The summed E-state index contributed by atoms with van der Waals surface area (Å²) in [5, 5.41) is 6.18. The number of hydrogen-bond acceptors (Lipinski definition) is 4. The Morgan fingerprint density at radius 2 is 2.05 bits per heavy atom. The van der Waals surface area contributed by atoms with Crippen LogP contribution in [0.2, 0.25) is 0 Å². The number of piperidine rings is 1. The molecule has 5 heteroatoms. The Bertz CT molecular complexity index is 672. The highest BCUT2D eigenvalue weighted by molar-refractivity contribution is 6.02. The SMILES string of the molecule is Cc1ccc(NC(=O)c2coc(C3CCNCC3)n2)cc1C. The van der Waals surface area contributed by atoms with Crippen LogP contribution in [0.25, 0.3) is 0 Å². The molecular formula is C17H21N3O2. The number of rotatable bonds is 3. The van der Waals surface area contributed by atoms with Crippen molar-refractivity contribution in [3.05, 3.63) is 47.2 Å². The molecule has 0 radical (unpaired) electrons. The van der Waals surface area contributed by atoms with E-state index in [-0.39, 0.29) is 5.91 Å². The number of aryl methyl sites for hydroxylation is 2. The van der Waals surface area contributed by atoms with Crippen LogP contribution in [0, 0.1) is 13.8 Å². The minimum Gasteiger partial charge on any atom is -0.448 e. The molecule has 0 saturated carbocycles. The zero-order chi connectivity index (χ0) is 15.5. The van der Waals surface area contributed by atoms with E-state index in [1.54, 1.807) is 0 Å². The largest absolute Gasteiger partial charge is 0.448 e. The lowest BCUT2D eigenvalue weighted by molar-refractivity contribution is 0.102. The standard InChI is InChI=1S/C17H21N3O2/c1-11-3-4-14(9-12(11)2)19-16(21)15-10-22-17(20-15)13-5-7-18-8-6-13/h3-4,9-10,13,18H,5-8H2,1-2H3,(H,19,21). The predicted molar refractivity (Wildman–Crippen MR) is 85.2 cm³/mol. The monoisotopic (exact) mass is 299 g/mol. The Kier molecular flexibility index (Phi) is 4.24. The second kappa shape index (κ2) is 6.32. The summed E-state index contributed by atoms with van der Waals surface area (Å²) in [6.07, 6.45) is 3.45. The maximum Gasteiger partial charge on any atom is 0.277 e. The van der Waals surface area contributed by atoms with Crippen molar-refractivity contribution in [2.75, 3.05) is 18.4 Å². The number of amides is 1. The van der Waals surface area contributed by atoms with Gasteiger partial charge < -0.3 is 15.1 Å². The van der Waals surface area contributed by atoms with E-state index in [1.807, 2.05) is 32.0 Å².